The maximum Gasteiger partial charge on any atom is 0.0940 e. The smallest absolute Gasteiger partial charge is 0.0940 e. The van der Waals surface area contributed by atoms with Gasteiger partial charge in [-0.2, -0.15) is 0 Å². The van der Waals surface area contributed by atoms with E-state index >= 15 is 0 Å². The third-order valence-corrected chi connectivity index (χ3v) is 1.74. The standard InChI is InChI=1S/C8H10OS/c1-7(9-10)8-5-3-2-4-6-8/h2-7,10H,1H3. The van der Waals surface area contributed by atoms with Gasteiger partial charge in [0.2, 0.25) is 0 Å². The van der Waals surface area contributed by atoms with Crippen LogP contribution < -0.4 is 0 Å². The van der Waals surface area contributed by atoms with Crippen molar-refractivity contribution in [2.24, 2.45) is 0 Å². The van der Waals surface area contributed by atoms with Crippen molar-refractivity contribution in [1.82, 2.24) is 0 Å². The van der Waals surface area contributed by atoms with Crippen LogP contribution in [0.4, 0.5) is 0 Å². The molecule has 1 aromatic carbocycles. The molecule has 1 aromatic rings. The van der Waals surface area contributed by atoms with E-state index in [1.165, 1.54) is 0 Å². The molecule has 54 valence electrons. The topological polar surface area (TPSA) is 9.23 Å². The van der Waals surface area contributed by atoms with Crippen LogP contribution >= 0.6 is 12.9 Å². The SMILES string of the molecule is CC(OS)c1ccccc1. The van der Waals surface area contributed by atoms with Crippen LogP contribution in [0.3, 0.4) is 0 Å². The van der Waals surface area contributed by atoms with E-state index in [0.29, 0.717) is 0 Å². The Labute approximate surface area is 66.6 Å². The molecule has 1 rings (SSSR count). The van der Waals surface area contributed by atoms with Gasteiger partial charge >= 0.3 is 0 Å². The minimum absolute atomic E-state index is 0.0736. The van der Waals surface area contributed by atoms with Gasteiger partial charge in [-0.15, -0.1) is 0 Å². The Morgan fingerprint density at radius 3 is 2.40 bits per heavy atom. The van der Waals surface area contributed by atoms with Crippen LogP contribution in [-0.4, -0.2) is 0 Å². The number of hydrogen-bond acceptors (Lipinski definition) is 2. The fourth-order valence-electron chi connectivity index (χ4n) is 0.785. The van der Waals surface area contributed by atoms with Crippen LogP contribution in [0.2, 0.25) is 0 Å². The summed E-state index contributed by atoms with van der Waals surface area (Å²) in [5.41, 5.74) is 1.15. The van der Waals surface area contributed by atoms with Crippen LogP contribution in [0.15, 0.2) is 30.3 Å². The highest BCUT2D eigenvalue weighted by atomic mass is 32.1. The predicted octanol–water partition coefficient (Wildman–Crippen LogP) is 2.61. The van der Waals surface area contributed by atoms with E-state index in [1.54, 1.807) is 0 Å². The lowest BCUT2D eigenvalue weighted by molar-refractivity contribution is 0.279. The number of hydrogen-bond donors (Lipinski definition) is 1. The fourth-order valence-corrected chi connectivity index (χ4v) is 0.907. The molecule has 0 fully saturated rings. The molecule has 0 N–H and O–H groups in total. The highest BCUT2D eigenvalue weighted by molar-refractivity contribution is 7.75. The van der Waals surface area contributed by atoms with Gasteiger partial charge in [0.05, 0.1) is 6.10 Å². The van der Waals surface area contributed by atoms with Crippen LogP contribution in [-0.2, 0) is 4.18 Å². The van der Waals surface area contributed by atoms with Gasteiger partial charge in [0.1, 0.15) is 0 Å². The molecule has 0 aliphatic heterocycles. The third kappa shape index (κ3) is 1.75. The van der Waals surface area contributed by atoms with Crippen LogP contribution in [0, 0.1) is 0 Å². The molecule has 0 spiro atoms. The maximum atomic E-state index is 4.83. The Balaban J connectivity index is 2.75. The van der Waals surface area contributed by atoms with Crippen molar-refractivity contribution in [3.63, 3.8) is 0 Å². The molecular weight excluding hydrogens is 144 g/mol. The maximum absolute atomic E-state index is 4.83. The Morgan fingerprint density at radius 1 is 1.30 bits per heavy atom. The van der Waals surface area contributed by atoms with E-state index in [-0.39, 0.29) is 6.10 Å². The van der Waals surface area contributed by atoms with E-state index in [9.17, 15) is 0 Å². The Kier molecular flexibility index (Phi) is 2.78. The highest BCUT2D eigenvalue weighted by Crippen LogP contribution is 2.16. The summed E-state index contributed by atoms with van der Waals surface area (Å²) >= 11 is 3.73. The van der Waals surface area contributed by atoms with Crippen molar-refractivity contribution in [2.75, 3.05) is 0 Å². The molecule has 0 heterocycles. The summed E-state index contributed by atoms with van der Waals surface area (Å²) in [6.07, 6.45) is 0.0736. The van der Waals surface area contributed by atoms with Gasteiger partial charge in [-0.1, -0.05) is 30.3 Å². The largest absolute Gasteiger partial charge is 0.311 e. The van der Waals surface area contributed by atoms with Crippen molar-refractivity contribution in [3.05, 3.63) is 35.9 Å². The predicted molar refractivity (Wildman–Crippen MR) is 44.9 cm³/mol. The summed E-state index contributed by atoms with van der Waals surface area (Å²) in [7, 11) is 0. The summed E-state index contributed by atoms with van der Waals surface area (Å²) in [5, 5.41) is 0. The van der Waals surface area contributed by atoms with Crippen LogP contribution in [0.25, 0.3) is 0 Å². The lowest BCUT2D eigenvalue weighted by Crippen LogP contribution is -1.90. The van der Waals surface area contributed by atoms with E-state index in [4.69, 9.17) is 4.18 Å². The molecule has 0 aromatic heterocycles. The van der Waals surface area contributed by atoms with E-state index < -0.39 is 0 Å². The second-order valence-corrected chi connectivity index (χ2v) is 2.37. The molecule has 0 saturated carbocycles. The van der Waals surface area contributed by atoms with Crippen LogP contribution in [0.5, 0.6) is 0 Å². The molecule has 0 saturated heterocycles. The molecule has 0 aliphatic carbocycles. The first-order valence-electron chi connectivity index (χ1n) is 3.19. The first-order valence-corrected chi connectivity index (χ1v) is 3.56. The van der Waals surface area contributed by atoms with Gasteiger partial charge in [0, 0.05) is 0 Å². The van der Waals surface area contributed by atoms with Crippen molar-refractivity contribution >= 4 is 12.9 Å². The van der Waals surface area contributed by atoms with Gasteiger partial charge < -0.3 is 4.18 Å². The first kappa shape index (κ1) is 7.63. The Morgan fingerprint density at radius 2 is 1.90 bits per heavy atom. The Hall–Kier alpha value is -0.470. The third-order valence-electron chi connectivity index (χ3n) is 1.43. The lowest BCUT2D eigenvalue weighted by atomic mass is 10.1. The van der Waals surface area contributed by atoms with Crippen LogP contribution in [0.1, 0.15) is 18.6 Å². The molecule has 10 heavy (non-hydrogen) atoms. The minimum Gasteiger partial charge on any atom is -0.311 e. The Bertz CT molecular complexity index is 186. The van der Waals surface area contributed by atoms with E-state index in [1.807, 2.05) is 37.3 Å². The zero-order valence-electron chi connectivity index (χ0n) is 5.82. The van der Waals surface area contributed by atoms with Crippen molar-refractivity contribution in [2.45, 2.75) is 13.0 Å². The van der Waals surface area contributed by atoms with E-state index in [2.05, 4.69) is 12.9 Å². The van der Waals surface area contributed by atoms with Gasteiger partial charge in [0.15, 0.2) is 0 Å². The first-order chi connectivity index (χ1) is 4.84. The molecule has 1 nitrogen and oxygen atoms in total. The fraction of sp³-hybridized carbons (Fsp3) is 0.250. The monoisotopic (exact) mass is 154 g/mol. The van der Waals surface area contributed by atoms with Crippen molar-refractivity contribution < 1.29 is 4.18 Å². The molecule has 0 amide bonds. The normalized spacial score (nSPS) is 13.0. The minimum atomic E-state index is 0.0736. The van der Waals surface area contributed by atoms with Crippen molar-refractivity contribution in [1.29, 1.82) is 0 Å². The molecule has 1 atom stereocenters. The van der Waals surface area contributed by atoms with Gasteiger partial charge in [-0.25, -0.2) is 0 Å². The van der Waals surface area contributed by atoms with Gasteiger partial charge in [0.25, 0.3) is 0 Å². The molecule has 0 radical (unpaired) electrons. The summed E-state index contributed by atoms with van der Waals surface area (Å²) in [6.45, 7) is 1.96. The molecule has 0 aliphatic rings. The highest BCUT2D eigenvalue weighted by Gasteiger charge is 2.00. The molecular formula is C8H10OS. The van der Waals surface area contributed by atoms with Gasteiger partial charge in [-0.3, -0.25) is 0 Å². The lowest BCUT2D eigenvalue weighted by Gasteiger charge is -2.06. The number of benzene rings is 1. The average Bonchev–Trinajstić information content (AvgIpc) is 2.05. The summed E-state index contributed by atoms with van der Waals surface area (Å²) in [6, 6.07) is 9.98. The number of thiol groups is 1. The zero-order valence-corrected chi connectivity index (χ0v) is 6.71. The molecule has 0 bridgehead atoms. The van der Waals surface area contributed by atoms with Gasteiger partial charge in [-0.05, 0) is 25.4 Å². The molecule has 2 heteroatoms. The second kappa shape index (κ2) is 3.64. The second-order valence-electron chi connectivity index (χ2n) is 2.16. The average molecular weight is 154 g/mol. The number of rotatable bonds is 2. The summed E-state index contributed by atoms with van der Waals surface area (Å²) < 4.78 is 4.83. The van der Waals surface area contributed by atoms with E-state index in [0.717, 1.165) is 5.56 Å². The zero-order chi connectivity index (χ0) is 7.40. The molecule has 1 unspecified atom stereocenters. The summed E-state index contributed by atoms with van der Waals surface area (Å²) in [4.78, 5) is 0. The van der Waals surface area contributed by atoms with Crippen molar-refractivity contribution in [3.8, 4) is 0 Å². The summed E-state index contributed by atoms with van der Waals surface area (Å²) in [5.74, 6) is 0. The quantitative estimate of drug-likeness (QED) is 0.509.